The van der Waals surface area contributed by atoms with Gasteiger partial charge in [-0.25, -0.2) is 9.13 Å². The van der Waals surface area contributed by atoms with Crippen LogP contribution in [0.25, 0.3) is 5.69 Å². The maximum atomic E-state index is 11.4. The molecule has 0 aliphatic heterocycles. The summed E-state index contributed by atoms with van der Waals surface area (Å²) in [5.74, 6) is 0. The molecule has 0 fully saturated rings. The molecule has 0 aliphatic carbocycles. The van der Waals surface area contributed by atoms with Gasteiger partial charge in [-0.05, 0) is 23.8 Å². The molecule has 1 aromatic heterocycles. The number of hydrogen-bond acceptors (Lipinski definition) is 3. The van der Waals surface area contributed by atoms with E-state index in [0.29, 0.717) is 11.3 Å². The lowest BCUT2D eigenvalue weighted by atomic mass is 10.2. The van der Waals surface area contributed by atoms with Crippen molar-refractivity contribution in [3.05, 3.63) is 42.5 Å². The fraction of sp³-hybridized carbons (Fsp3) is 0.0909. The summed E-state index contributed by atoms with van der Waals surface area (Å²) in [6.45, 7) is 0. The molecule has 6 nitrogen and oxygen atoms in total. The third-order valence-corrected chi connectivity index (χ3v) is 3.36. The van der Waals surface area contributed by atoms with Gasteiger partial charge in [-0.15, -0.1) is 0 Å². The lowest BCUT2D eigenvalue weighted by molar-refractivity contribution is -0.670. The normalized spacial score (nSPS) is 11.4. The molecule has 0 amide bonds. The molecule has 0 unspecified atom stereocenters. The van der Waals surface area contributed by atoms with Crippen LogP contribution in [0.15, 0.2) is 41.8 Å². The Labute approximate surface area is 104 Å². The summed E-state index contributed by atoms with van der Waals surface area (Å²) in [6.07, 6.45) is 6.12. The maximum absolute atomic E-state index is 11.4. The Kier molecular flexibility index (Phi) is 3.02. The maximum Gasteiger partial charge on any atom is 0.298 e. The molecule has 0 aliphatic rings. The first-order valence-electron chi connectivity index (χ1n) is 5.07. The first kappa shape index (κ1) is 12.5. The number of benzene rings is 1. The van der Waals surface area contributed by atoms with Gasteiger partial charge in [-0.3, -0.25) is 4.55 Å². The van der Waals surface area contributed by atoms with Crippen molar-refractivity contribution in [2.24, 2.45) is 7.05 Å². The quantitative estimate of drug-likeness (QED) is 0.483. The van der Waals surface area contributed by atoms with Gasteiger partial charge in [0.1, 0.15) is 17.3 Å². The van der Waals surface area contributed by atoms with Crippen LogP contribution < -0.4 is 4.57 Å². The van der Waals surface area contributed by atoms with Gasteiger partial charge in [0.05, 0.1) is 7.05 Å². The van der Waals surface area contributed by atoms with E-state index in [0.717, 1.165) is 6.21 Å². The topological polar surface area (TPSA) is 87.0 Å². The fourth-order valence-corrected chi connectivity index (χ4v) is 2.36. The van der Waals surface area contributed by atoms with Crippen molar-refractivity contribution in [2.45, 2.75) is 4.90 Å². The largest absolute Gasteiger partial charge is 0.308 e. The second-order valence-electron chi connectivity index (χ2n) is 3.83. The molecule has 2 aromatic rings. The van der Waals surface area contributed by atoms with Crippen molar-refractivity contribution in [1.29, 1.82) is 5.41 Å². The number of aromatic nitrogens is 2. The Morgan fingerprint density at radius 2 is 2.17 bits per heavy atom. The highest BCUT2D eigenvalue weighted by atomic mass is 32.2. The Morgan fingerprint density at radius 1 is 1.44 bits per heavy atom. The number of nitrogens with one attached hydrogen (secondary N) is 1. The van der Waals surface area contributed by atoms with Crippen molar-refractivity contribution >= 4 is 16.3 Å². The molecule has 0 radical (unpaired) electrons. The van der Waals surface area contributed by atoms with Crippen molar-refractivity contribution < 1.29 is 17.5 Å². The van der Waals surface area contributed by atoms with E-state index in [-0.39, 0.29) is 4.90 Å². The minimum atomic E-state index is -4.34. The van der Waals surface area contributed by atoms with Gasteiger partial charge in [0.15, 0.2) is 5.69 Å². The summed E-state index contributed by atoms with van der Waals surface area (Å²) < 4.78 is 35.3. The molecule has 0 spiro atoms. The van der Waals surface area contributed by atoms with Gasteiger partial charge in [0.25, 0.3) is 10.1 Å². The van der Waals surface area contributed by atoms with E-state index in [1.165, 1.54) is 6.07 Å². The first-order valence-corrected chi connectivity index (χ1v) is 6.51. The molecule has 0 atom stereocenters. The summed E-state index contributed by atoms with van der Waals surface area (Å²) >= 11 is 0. The number of imidazole rings is 1. The van der Waals surface area contributed by atoms with Crippen LogP contribution in [0.3, 0.4) is 0 Å². The van der Waals surface area contributed by atoms with Crippen LogP contribution in [0.5, 0.6) is 0 Å². The number of nitrogens with zero attached hydrogens (tertiary/aromatic N) is 2. The van der Waals surface area contributed by atoms with E-state index in [9.17, 15) is 13.0 Å². The second-order valence-corrected chi connectivity index (χ2v) is 5.22. The van der Waals surface area contributed by atoms with E-state index in [1.807, 2.05) is 0 Å². The van der Waals surface area contributed by atoms with Crippen LogP contribution in [0.4, 0.5) is 0 Å². The molecular formula is C11H12N3O3S+. The van der Waals surface area contributed by atoms with Gasteiger partial charge in [-0.2, -0.15) is 8.42 Å². The molecule has 0 saturated carbocycles. The molecule has 18 heavy (non-hydrogen) atoms. The second kappa shape index (κ2) is 4.35. The van der Waals surface area contributed by atoms with Gasteiger partial charge in [-0.1, -0.05) is 0 Å². The summed E-state index contributed by atoms with van der Waals surface area (Å²) in [5.41, 5.74) is 0.742. The predicted molar refractivity (Wildman–Crippen MR) is 64.6 cm³/mol. The van der Waals surface area contributed by atoms with Crippen LogP contribution in [0, 0.1) is 5.41 Å². The molecular weight excluding hydrogens is 254 g/mol. The van der Waals surface area contributed by atoms with Gasteiger partial charge in [0, 0.05) is 6.21 Å². The molecule has 7 heteroatoms. The lowest BCUT2D eigenvalue weighted by Crippen LogP contribution is -2.23. The molecule has 0 saturated heterocycles. The van der Waals surface area contributed by atoms with Gasteiger partial charge in [0.2, 0.25) is 6.33 Å². The minimum Gasteiger partial charge on any atom is -0.308 e. The van der Waals surface area contributed by atoms with Crippen LogP contribution in [0.2, 0.25) is 0 Å². The number of hydrogen-bond donors (Lipinski definition) is 2. The number of rotatable bonds is 3. The molecule has 1 aromatic carbocycles. The minimum absolute atomic E-state index is 0.222. The van der Waals surface area contributed by atoms with E-state index in [4.69, 9.17) is 5.41 Å². The summed E-state index contributed by atoms with van der Waals surface area (Å²) in [4.78, 5) is -0.222. The monoisotopic (exact) mass is 266 g/mol. The summed E-state index contributed by atoms with van der Waals surface area (Å²) in [6, 6.07) is 4.41. The molecule has 1 heterocycles. The Bertz CT molecular complexity index is 704. The average molecular weight is 266 g/mol. The SMILES string of the molecule is C[n+]1ccn(-c2ccc(C=N)cc2S(=O)(=O)O)c1. The fourth-order valence-electron chi connectivity index (χ4n) is 1.63. The zero-order valence-corrected chi connectivity index (χ0v) is 10.4. The molecule has 94 valence electrons. The standard InChI is InChI=1S/C11H11N3O3S/c1-13-4-5-14(8-13)10-3-2-9(7-12)6-11(10)18(15,16)17/h2-8,12H,1H3/p+1. The van der Waals surface area contributed by atoms with Crippen LogP contribution >= 0.6 is 0 Å². The van der Waals surface area contributed by atoms with Gasteiger partial charge < -0.3 is 5.41 Å². The molecule has 0 bridgehead atoms. The lowest BCUT2D eigenvalue weighted by Gasteiger charge is -2.04. The number of aryl methyl sites for hydroxylation is 1. The predicted octanol–water partition coefficient (Wildman–Crippen LogP) is 0.546. The van der Waals surface area contributed by atoms with Crippen LogP contribution in [-0.2, 0) is 17.2 Å². The van der Waals surface area contributed by atoms with Gasteiger partial charge >= 0.3 is 0 Å². The molecule has 2 N–H and O–H groups in total. The summed E-state index contributed by atoms with van der Waals surface area (Å²) in [7, 11) is -2.54. The van der Waals surface area contributed by atoms with Crippen LogP contribution in [-0.4, -0.2) is 23.8 Å². The van der Waals surface area contributed by atoms with Crippen LogP contribution in [0.1, 0.15) is 5.56 Å². The van der Waals surface area contributed by atoms with Crippen molar-refractivity contribution in [3.63, 3.8) is 0 Å². The zero-order chi connectivity index (χ0) is 13.3. The highest BCUT2D eigenvalue weighted by Crippen LogP contribution is 2.20. The first-order chi connectivity index (χ1) is 8.41. The summed E-state index contributed by atoms with van der Waals surface area (Å²) in [5, 5.41) is 7.11. The Balaban J connectivity index is 2.71. The average Bonchev–Trinajstić information content (AvgIpc) is 2.74. The third kappa shape index (κ3) is 2.31. The molecule has 2 rings (SSSR count). The highest BCUT2D eigenvalue weighted by Gasteiger charge is 2.20. The highest BCUT2D eigenvalue weighted by molar-refractivity contribution is 7.86. The van der Waals surface area contributed by atoms with E-state index in [1.54, 1.807) is 47.0 Å². The van der Waals surface area contributed by atoms with Crippen molar-refractivity contribution in [2.75, 3.05) is 0 Å². The Hall–Kier alpha value is -1.99. The third-order valence-electron chi connectivity index (χ3n) is 2.48. The van der Waals surface area contributed by atoms with E-state index >= 15 is 0 Å². The zero-order valence-electron chi connectivity index (χ0n) is 9.61. The van der Waals surface area contributed by atoms with E-state index < -0.39 is 10.1 Å². The van der Waals surface area contributed by atoms with Crippen molar-refractivity contribution in [3.8, 4) is 5.69 Å². The van der Waals surface area contributed by atoms with Crippen molar-refractivity contribution in [1.82, 2.24) is 4.57 Å². The van der Waals surface area contributed by atoms with E-state index in [2.05, 4.69) is 0 Å². The smallest absolute Gasteiger partial charge is 0.298 e. The Morgan fingerprint density at radius 3 is 2.67 bits per heavy atom.